The summed E-state index contributed by atoms with van der Waals surface area (Å²) in [5.41, 5.74) is 4.22. The van der Waals surface area contributed by atoms with E-state index in [2.05, 4.69) is 15.6 Å². The zero-order valence-electron chi connectivity index (χ0n) is 22.7. The average molecular weight is 595 g/mol. The second kappa shape index (κ2) is 12.1. The van der Waals surface area contributed by atoms with Gasteiger partial charge in [-0.2, -0.15) is 0 Å². The lowest BCUT2D eigenvalue weighted by molar-refractivity contribution is -0.118. The van der Waals surface area contributed by atoms with E-state index in [1.807, 2.05) is 115 Å². The van der Waals surface area contributed by atoms with Crippen molar-refractivity contribution in [1.82, 2.24) is 10.3 Å². The van der Waals surface area contributed by atoms with Crippen LogP contribution in [0.15, 0.2) is 114 Å². The first kappa shape index (κ1) is 27.5. The molecule has 1 aliphatic heterocycles. The van der Waals surface area contributed by atoms with Crippen molar-refractivity contribution in [2.24, 2.45) is 0 Å². The van der Waals surface area contributed by atoms with Gasteiger partial charge >= 0.3 is 0 Å². The summed E-state index contributed by atoms with van der Waals surface area (Å²) < 4.78 is 12.0. The number of aryl methyl sites for hydroxylation is 1. The van der Waals surface area contributed by atoms with Crippen molar-refractivity contribution in [3.05, 3.63) is 131 Å². The number of nitrogens with one attached hydrogen (secondary N) is 2. The minimum atomic E-state index is -0.318. The molecule has 5 aromatic rings. The maximum atomic E-state index is 12.5. The summed E-state index contributed by atoms with van der Waals surface area (Å²) in [6.07, 6.45) is 1.76. The maximum absolute atomic E-state index is 12.5. The lowest BCUT2D eigenvalue weighted by Gasteiger charge is -2.26. The fourth-order valence-corrected chi connectivity index (χ4v) is 5.43. The highest BCUT2D eigenvalue weighted by molar-refractivity contribution is 7.80. The van der Waals surface area contributed by atoms with Gasteiger partial charge in [-0.25, -0.2) is 0 Å². The van der Waals surface area contributed by atoms with Crippen molar-refractivity contribution in [1.29, 1.82) is 0 Å². The number of thiocarbonyl (C=S) groups is 1. The standard InChI is InChI=1S/C33H27ClN4O3S/c1-21-10-11-22(19-26(21)34)28-16-17-29(41-28)32-31(27-9-5-6-18-35-27)37-33(42)38(32)24-14-12-23(13-15-24)36-30(39)20-40-25-7-3-2-4-8-25/h2-19,31-32H,20H2,1H3,(H,36,39)(H,37,42)/t31-,32+/m0/s1. The molecule has 3 aromatic carbocycles. The number of pyridine rings is 1. The molecule has 0 unspecified atom stereocenters. The van der Waals surface area contributed by atoms with E-state index in [9.17, 15) is 4.79 Å². The van der Waals surface area contributed by atoms with Crippen molar-refractivity contribution in [2.75, 3.05) is 16.8 Å². The molecule has 0 radical (unpaired) electrons. The molecular weight excluding hydrogens is 568 g/mol. The Labute approximate surface area is 254 Å². The molecule has 2 N–H and O–H groups in total. The van der Waals surface area contributed by atoms with Gasteiger partial charge < -0.3 is 24.7 Å². The van der Waals surface area contributed by atoms with Crippen LogP contribution in [0.5, 0.6) is 5.75 Å². The number of carbonyl (C=O) groups excluding carboxylic acids is 1. The monoisotopic (exact) mass is 594 g/mol. The molecule has 6 rings (SSSR count). The summed E-state index contributed by atoms with van der Waals surface area (Å²) in [5.74, 6) is 1.82. The SMILES string of the molecule is Cc1ccc(-c2ccc([C@@H]3[C@H](c4ccccn4)NC(=S)N3c3ccc(NC(=O)COc4ccccc4)cc3)o2)cc1Cl. The van der Waals surface area contributed by atoms with E-state index < -0.39 is 0 Å². The molecule has 0 bridgehead atoms. The van der Waals surface area contributed by atoms with Crippen molar-refractivity contribution >= 4 is 46.2 Å². The molecule has 1 aliphatic rings. The highest BCUT2D eigenvalue weighted by Gasteiger charge is 2.42. The van der Waals surface area contributed by atoms with E-state index >= 15 is 0 Å². The van der Waals surface area contributed by atoms with E-state index in [1.54, 1.807) is 6.20 Å². The summed E-state index contributed by atoms with van der Waals surface area (Å²) >= 11 is 12.2. The van der Waals surface area contributed by atoms with Gasteiger partial charge in [0, 0.05) is 28.2 Å². The topological polar surface area (TPSA) is 79.6 Å². The van der Waals surface area contributed by atoms with Gasteiger partial charge in [0.15, 0.2) is 11.7 Å². The number of anilines is 2. The van der Waals surface area contributed by atoms with Crippen molar-refractivity contribution in [3.63, 3.8) is 0 Å². The Bertz CT molecular complexity index is 1710. The van der Waals surface area contributed by atoms with Gasteiger partial charge in [0.05, 0.1) is 11.7 Å². The molecule has 0 spiro atoms. The second-order valence-corrected chi connectivity index (χ2v) is 10.7. The summed E-state index contributed by atoms with van der Waals surface area (Å²) in [7, 11) is 0. The molecule has 42 heavy (non-hydrogen) atoms. The summed E-state index contributed by atoms with van der Waals surface area (Å²) in [6.45, 7) is 1.88. The quantitative estimate of drug-likeness (QED) is 0.180. The fourth-order valence-electron chi connectivity index (χ4n) is 4.90. The van der Waals surface area contributed by atoms with Crippen LogP contribution < -0.4 is 20.3 Å². The van der Waals surface area contributed by atoms with Crippen LogP contribution in [-0.2, 0) is 4.79 Å². The number of halogens is 1. The Morgan fingerprint density at radius 3 is 2.55 bits per heavy atom. The number of rotatable bonds is 8. The third kappa shape index (κ3) is 5.86. The second-order valence-electron chi connectivity index (χ2n) is 9.86. The minimum absolute atomic E-state index is 0.0905. The van der Waals surface area contributed by atoms with E-state index in [4.69, 9.17) is 33.0 Å². The Kier molecular flexibility index (Phi) is 7.90. The first-order valence-corrected chi connectivity index (χ1v) is 14.2. The molecule has 1 amide bonds. The number of aromatic nitrogens is 1. The summed E-state index contributed by atoms with van der Waals surface area (Å²) in [6, 6.07) is 31.7. The van der Waals surface area contributed by atoms with Crippen molar-refractivity contribution in [2.45, 2.75) is 19.0 Å². The number of hydrogen-bond acceptors (Lipinski definition) is 5. The van der Waals surface area contributed by atoms with E-state index in [0.29, 0.717) is 27.3 Å². The number of amides is 1. The summed E-state index contributed by atoms with van der Waals surface area (Å²) in [4.78, 5) is 19.1. The number of carbonyl (C=O) groups is 1. The first-order chi connectivity index (χ1) is 20.5. The van der Waals surface area contributed by atoms with Crippen LogP contribution in [0, 0.1) is 6.92 Å². The number of benzene rings is 3. The highest BCUT2D eigenvalue weighted by Crippen LogP contribution is 2.43. The molecule has 9 heteroatoms. The van der Waals surface area contributed by atoms with Gasteiger partial charge in [0.1, 0.15) is 23.3 Å². The van der Waals surface area contributed by atoms with E-state index in [0.717, 1.165) is 28.3 Å². The van der Waals surface area contributed by atoms with Crippen LogP contribution in [-0.4, -0.2) is 22.6 Å². The molecular formula is C33H27ClN4O3S. The van der Waals surface area contributed by atoms with Gasteiger partial charge in [-0.3, -0.25) is 9.78 Å². The predicted octanol–water partition coefficient (Wildman–Crippen LogP) is 7.50. The molecule has 7 nitrogen and oxygen atoms in total. The zero-order valence-corrected chi connectivity index (χ0v) is 24.2. The van der Waals surface area contributed by atoms with Gasteiger partial charge in [0.2, 0.25) is 0 Å². The van der Waals surface area contributed by atoms with Crippen LogP contribution in [0.2, 0.25) is 5.02 Å². The van der Waals surface area contributed by atoms with Gasteiger partial charge in [-0.05, 0) is 91.4 Å². The smallest absolute Gasteiger partial charge is 0.262 e. The number of furan rings is 1. The molecule has 2 atom stereocenters. The number of nitrogens with zero attached hydrogens (tertiary/aromatic N) is 2. The normalized spacial score (nSPS) is 16.2. The predicted molar refractivity (Wildman–Crippen MR) is 169 cm³/mol. The van der Waals surface area contributed by atoms with E-state index in [1.165, 1.54) is 0 Å². The number of ether oxygens (including phenoxy) is 1. The Hall–Kier alpha value is -4.66. The first-order valence-electron chi connectivity index (χ1n) is 13.4. The zero-order chi connectivity index (χ0) is 29.1. The van der Waals surface area contributed by atoms with Crippen LogP contribution >= 0.6 is 23.8 Å². The maximum Gasteiger partial charge on any atom is 0.262 e. The van der Waals surface area contributed by atoms with Crippen LogP contribution in [0.4, 0.5) is 11.4 Å². The molecule has 1 saturated heterocycles. The Morgan fingerprint density at radius 1 is 1.02 bits per heavy atom. The molecule has 2 aromatic heterocycles. The third-order valence-corrected chi connectivity index (χ3v) is 7.74. The van der Waals surface area contributed by atoms with Crippen molar-refractivity contribution in [3.8, 4) is 17.1 Å². The average Bonchev–Trinajstić information content (AvgIpc) is 3.64. The molecule has 3 heterocycles. The van der Waals surface area contributed by atoms with Crippen LogP contribution in [0.1, 0.15) is 29.1 Å². The van der Waals surface area contributed by atoms with Crippen molar-refractivity contribution < 1.29 is 13.9 Å². The lowest BCUT2D eigenvalue weighted by atomic mass is 10.0. The number of para-hydroxylation sites is 1. The van der Waals surface area contributed by atoms with Gasteiger partial charge in [-0.1, -0.05) is 48.0 Å². The van der Waals surface area contributed by atoms with Crippen LogP contribution in [0.25, 0.3) is 11.3 Å². The molecule has 0 aliphatic carbocycles. The number of hydrogen-bond donors (Lipinski definition) is 2. The Balaban J connectivity index is 1.26. The Morgan fingerprint density at radius 2 is 1.81 bits per heavy atom. The molecule has 210 valence electrons. The van der Waals surface area contributed by atoms with Gasteiger partial charge in [0.25, 0.3) is 5.91 Å². The molecule has 0 saturated carbocycles. The van der Waals surface area contributed by atoms with Gasteiger partial charge in [-0.15, -0.1) is 0 Å². The highest BCUT2D eigenvalue weighted by atomic mass is 35.5. The largest absolute Gasteiger partial charge is 0.484 e. The third-order valence-electron chi connectivity index (χ3n) is 7.02. The minimum Gasteiger partial charge on any atom is -0.484 e. The summed E-state index contributed by atoms with van der Waals surface area (Å²) in [5, 5.41) is 7.54. The fraction of sp³-hybridized carbons (Fsp3) is 0.121. The van der Waals surface area contributed by atoms with E-state index in [-0.39, 0.29) is 24.6 Å². The van der Waals surface area contributed by atoms with Crippen LogP contribution in [0.3, 0.4) is 0 Å². The lowest BCUT2D eigenvalue weighted by Crippen LogP contribution is -2.29. The molecule has 1 fully saturated rings.